The number of amides is 1. The van der Waals surface area contributed by atoms with Crippen molar-refractivity contribution in [2.75, 3.05) is 0 Å². The van der Waals surface area contributed by atoms with Gasteiger partial charge in [0.25, 0.3) is 5.91 Å². The zero-order valence-electron chi connectivity index (χ0n) is 11.5. The van der Waals surface area contributed by atoms with Crippen molar-refractivity contribution in [3.8, 4) is 0 Å². The molecule has 1 aromatic rings. The fourth-order valence-corrected chi connectivity index (χ4v) is 2.75. The molecule has 1 fully saturated rings. The lowest BCUT2D eigenvalue weighted by Gasteiger charge is -2.36. The van der Waals surface area contributed by atoms with Crippen molar-refractivity contribution in [1.29, 1.82) is 0 Å². The van der Waals surface area contributed by atoms with E-state index in [0.29, 0.717) is 18.8 Å². The van der Waals surface area contributed by atoms with Crippen molar-refractivity contribution in [2.24, 2.45) is 5.92 Å². The van der Waals surface area contributed by atoms with Crippen molar-refractivity contribution in [3.63, 3.8) is 0 Å². The Bertz CT molecular complexity index is 569. The number of pyridine rings is 1. The Morgan fingerprint density at radius 3 is 2.52 bits per heavy atom. The van der Waals surface area contributed by atoms with Crippen molar-refractivity contribution in [2.45, 2.75) is 38.1 Å². The van der Waals surface area contributed by atoms with Gasteiger partial charge in [0.05, 0.1) is 10.6 Å². The molecule has 0 atom stereocenters. The first-order valence-corrected chi connectivity index (χ1v) is 7.46. The van der Waals surface area contributed by atoms with E-state index in [-0.39, 0.29) is 15.7 Å². The number of hydrogen-bond acceptors (Lipinski definition) is 3. The van der Waals surface area contributed by atoms with Crippen molar-refractivity contribution in [3.05, 3.63) is 28.0 Å². The van der Waals surface area contributed by atoms with Crippen LogP contribution in [0.1, 0.15) is 43.0 Å². The van der Waals surface area contributed by atoms with E-state index in [9.17, 15) is 14.7 Å². The summed E-state index contributed by atoms with van der Waals surface area (Å²) in [5.74, 6) is -1.03. The van der Waals surface area contributed by atoms with Gasteiger partial charge < -0.3 is 10.4 Å². The average molecular weight is 331 g/mol. The van der Waals surface area contributed by atoms with Gasteiger partial charge in [-0.15, -0.1) is 0 Å². The molecule has 1 saturated carbocycles. The van der Waals surface area contributed by atoms with Crippen LogP contribution in [0, 0.1) is 5.92 Å². The molecule has 0 bridgehead atoms. The number of halogens is 2. The number of rotatable bonds is 3. The number of carbonyl (C=O) groups excluding carboxylic acids is 1. The quantitative estimate of drug-likeness (QED) is 0.834. The van der Waals surface area contributed by atoms with Crippen LogP contribution in [0.25, 0.3) is 0 Å². The highest BCUT2D eigenvalue weighted by atomic mass is 35.5. The van der Waals surface area contributed by atoms with Gasteiger partial charge in [-0.3, -0.25) is 4.79 Å². The highest BCUT2D eigenvalue weighted by molar-refractivity contribution is 6.41. The normalized spacial score (nSPS) is 25.4. The molecule has 1 aromatic heterocycles. The number of aliphatic carboxylic acids is 1. The first-order chi connectivity index (χ1) is 9.84. The Kier molecular flexibility index (Phi) is 4.74. The van der Waals surface area contributed by atoms with Gasteiger partial charge in [-0.25, -0.2) is 9.78 Å². The molecule has 114 valence electrons. The second kappa shape index (κ2) is 6.20. The Morgan fingerprint density at radius 1 is 1.38 bits per heavy atom. The minimum atomic E-state index is -1.21. The summed E-state index contributed by atoms with van der Waals surface area (Å²) < 4.78 is 0. The lowest BCUT2D eigenvalue weighted by atomic mass is 9.77. The Balaban J connectivity index is 2.19. The van der Waals surface area contributed by atoms with Crippen molar-refractivity contribution >= 4 is 35.1 Å². The van der Waals surface area contributed by atoms with E-state index in [1.54, 1.807) is 0 Å². The van der Waals surface area contributed by atoms with E-state index in [2.05, 4.69) is 17.2 Å². The highest BCUT2D eigenvalue weighted by Crippen LogP contribution is 2.32. The fraction of sp³-hybridized carbons (Fsp3) is 0.500. The summed E-state index contributed by atoms with van der Waals surface area (Å²) in [6, 6.07) is 1.38. The fourth-order valence-electron chi connectivity index (χ4n) is 2.48. The van der Waals surface area contributed by atoms with E-state index in [1.807, 2.05) is 0 Å². The molecule has 2 N–H and O–H groups in total. The monoisotopic (exact) mass is 330 g/mol. The van der Waals surface area contributed by atoms with Crippen molar-refractivity contribution in [1.82, 2.24) is 10.3 Å². The number of carboxylic acids is 1. The van der Waals surface area contributed by atoms with Crippen LogP contribution in [-0.4, -0.2) is 27.5 Å². The molecule has 1 heterocycles. The van der Waals surface area contributed by atoms with Gasteiger partial charge >= 0.3 is 5.97 Å². The molecule has 5 nitrogen and oxygen atoms in total. The highest BCUT2D eigenvalue weighted by Gasteiger charge is 2.42. The van der Waals surface area contributed by atoms with E-state index in [4.69, 9.17) is 23.2 Å². The van der Waals surface area contributed by atoms with Crippen LogP contribution in [-0.2, 0) is 4.79 Å². The Morgan fingerprint density at radius 2 is 2.00 bits per heavy atom. The summed E-state index contributed by atoms with van der Waals surface area (Å²) in [6.07, 6.45) is 3.66. The van der Waals surface area contributed by atoms with E-state index < -0.39 is 17.4 Å². The molecule has 0 aromatic carbocycles. The van der Waals surface area contributed by atoms with Crippen LogP contribution in [0.5, 0.6) is 0 Å². The van der Waals surface area contributed by atoms with Gasteiger partial charge in [0.1, 0.15) is 10.7 Å². The minimum absolute atomic E-state index is 0.104. The number of nitrogens with one attached hydrogen (secondary N) is 1. The lowest BCUT2D eigenvalue weighted by Crippen LogP contribution is -2.56. The molecular formula is C14H16Cl2N2O3. The van der Waals surface area contributed by atoms with Gasteiger partial charge in [-0.1, -0.05) is 30.1 Å². The predicted octanol–water partition coefficient (Wildman–Crippen LogP) is 3.15. The average Bonchev–Trinajstić information content (AvgIpc) is 2.44. The third-order valence-electron chi connectivity index (χ3n) is 3.95. The number of aromatic nitrogens is 1. The third-order valence-corrected chi connectivity index (χ3v) is 4.63. The van der Waals surface area contributed by atoms with Gasteiger partial charge in [0.2, 0.25) is 0 Å². The van der Waals surface area contributed by atoms with Crippen LogP contribution >= 0.6 is 23.2 Å². The summed E-state index contributed by atoms with van der Waals surface area (Å²) in [5, 5.41) is 12.4. The number of nitrogens with zero attached hydrogens (tertiary/aromatic N) is 1. The van der Waals surface area contributed by atoms with E-state index in [0.717, 1.165) is 12.8 Å². The predicted molar refractivity (Wildman–Crippen MR) is 79.7 cm³/mol. The molecule has 0 saturated heterocycles. The molecule has 0 aliphatic heterocycles. The second-order valence-electron chi connectivity index (χ2n) is 5.52. The number of carbonyl (C=O) groups is 2. The molecule has 7 heteroatoms. The first-order valence-electron chi connectivity index (χ1n) is 6.71. The summed E-state index contributed by atoms with van der Waals surface area (Å²) in [7, 11) is 0. The molecule has 1 amide bonds. The molecule has 1 aliphatic rings. The van der Waals surface area contributed by atoms with Crippen LogP contribution in [0.4, 0.5) is 0 Å². The number of hydrogen-bond donors (Lipinski definition) is 2. The maximum absolute atomic E-state index is 12.3. The van der Waals surface area contributed by atoms with Gasteiger partial charge in [0.15, 0.2) is 0 Å². The zero-order valence-corrected chi connectivity index (χ0v) is 13.0. The maximum atomic E-state index is 12.3. The van der Waals surface area contributed by atoms with Crippen LogP contribution in [0.3, 0.4) is 0 Å². The summed E-state index contributed by atoms with van der Waals surface area (Å²) in [5.41, 5.74) is -1.01. The molecular weight excluding hydrogens is 315 g/mol. The molecule has 0 spiro atoms. The zero-order chi connectivity index (χ0) is 15.6. The molecule has 1 aliphatic carbocycles. The van der Waals surface area contributed by atoms with Crippen LogP contribution in [0.15, 0.2) is 12.3 Å². The second-order valence-corrected chi connectivity index (χ2v) is 6.29. The van der Waals surface area contributed by atoms with Crippen LogP contribution < -0.4 is 5.32 Å². The summed E-state index contributed by atoms with van der Waals surface area (Å²) >= 11 is 11.5. The van der Waals surface area contributed by atoms with Crippen LogP contribution in [0.2, 0.25) is 10.2 Å². The summed E-state index contributed by atoms with van der Waals surface area (Å²) in [4.78, 5) is 27.6. The molecule has 21 heavy (non-hydrogen) atoms. The van der Waals surface area contributed by atoms with Gasteiger partial charge in [0, 0.05) is 6.20 Å². The maximum Gasteiger partial charge on any atom is 0.329 e. The van der Waals surface area contributed by atoms with Gasteiger partial charge in [-0.2, -0.15) is 0 Å². The van der Waals surface area contributed by atoms with Crippen molar-refractivity contribution < 1.29 is 14.7 Å². The Hall–Kier alpha value is -1.33. The molecule has 2 rings (SSSR count). The van der Waals surface area contributed by atoms with E-state index in [1.165, 1.54) is 12.3 Å². The number of carboxylic acid groups (broad SMARTS) is 1. The minimum Gasteiger partial charge on any atom is -0.480 e. The smallest absolute Gasteiger partial charge is 0.329 e. The summed E-state index contributed by atoms with van der Waals surface area (Å²) in [6.45, 7) is 2.08. The van der Waals surface area contributed by atoms with E-state index >= 15 is 0 Å². The first kappa shape index (κ1) is 16.0. The molecule has 0 radical (unpaired) electrons. The lowest BCUT2D eigenvalue weighted by molar-refractivity contribution is -0.146. The topological polar surface area (TPSA) is 79.3 Å². The SMILES string of the molecule is CC1CCC(NC(=O)c2cnc(Cl)c(Cl)c2)(C(=O)O)CC1. The largest absolute Gasteiger partial charge is 0.480 e. The van der Waals surface area contributed by atoms with Gasteiger partial charge in [-0.05, 0) is 37.7 Å². The Labute approximate surface area is 132 Å². The standard InChI is InChI=1S/C14H16Cl2N2O3/c1-8-2-4-14(5-3-8,13(20)21)18-12(19)9-6-10(15)11(16)17-7-9/h6-8H,2-5H2,1H3,(H,18,19)(H,20,21). The molecule has 0 unspecified atom stereocenters. The third kappa shape index (κ3) is 3.47.